The third kappa shape index (κ3) is 4.18. The number of amides is 1. The van der Waals surface area contributed by atoms with E-state index in [0.29, 0.717) is 23.0 Å². The van der Waals surface area contributed by atoms with Crippen LogP contribution < -0.4 is 5.32 Å². The topological polar surface area (TPSA) is 96.5 Å². The van der Waals surface area contributed by atoms with Crippen molar-refractivity contribution in [3.63, 3.8) is 0 Å². The minimum Gasteiger partial charge on any atom is -0.324 e. The number of aromatic nitrogens is 4. The lowest BCUT2D eigenvalue weighted by atomic mass is 10.0. The molecule has 1 atom stereocenters. The molecule has 2 aromatic carbocycles. The van der Waals surface area contributed by atoms with Gasteiger partial charge in [-0.25, -0.2) is 0 Å². The fourth-order valence-electron chi connectivity index (χ4n) is 2.54. The van der Waals surface area contributed by atoms with Crippen molar-refractivity contribution < 1.29 is 4.79 Å². The molecule has 0 fully saturated rings. The second kappa shape index (κ2) is 7.79. The summed E-state index contributed by atoms with van der Waals surface area (Å²) in [5, 5.41) is 24.1. The van der Waals surface area contributed by atoms with Gasteiger partial charge < -0.3 is 5.32 Å². The van der Waals surface area contributed by atoms with Crippen molar-refractivity contribution in [3.8, 4) is 17.5 Å². The van der Waals surface area contributed by atoms with Gasteiger partial charge in [0.15, 0.2) is 0 Å². The Bertz CT molecular complexity index is 984. The van der Waals surface area contributed by atoms with Crippen LogP contribution in [0.1, 0.15) is 43.9 Å². The SMILES string of the molecule is CC(C)c1ccc(-c2nnn(C(C)C(=O)Nc3cccc(C#N)c3)n2)cc1. The highest BCUT2D eigenvalue weighted by Crippen LogP contribution is 2.20. The number of hydrogen-bond donors (Lipinski definition) is 1. The first-order chi connectivity index (χ1) is 13.0. The molecule has 27 heavy (non-hydrogen) atoms. The molecule has 0 saturated heterocycles. The largest absolute Gasteiger partial charge is 0.324 e. The van der Waals surface area contributed by atoms with E-state index in [9.17, 15) is 4.79 Å². The summed E-state index contributed by atoms with van der Waals surface area (Å²) >= 11 is 0. The van der Waals surface area contributed by atoms with Gasteiger partial charge in [0, 0.05) is 11.3 Å². The van der Waals surface area contributed by atoms with Gasteiger partial charge in [-0.15, -0.1) is 10.2 Å². The molecule has 1 aromatic heterocycles. The molecule has 1 N–H and O–H groups in total. The van der Waals surface area contributed by atoms with Crippen LogP contribution in [0.5, 0.6) is 0 Å². The van der Waals surface area contributed by atoms with Gasteiger partial charge in [-0.2, -0.15) is 10.1 Å². The monoisotopic (exact) mass is 360 g/mol. The maximum atomic E-state index is 12.5. The van der Waals surface area contributed by atoms with E-state index in [1.165, 1.54) is 10.4 Å². The standard InChI is InChI=1S/C20H20N6O/c1-13(2)16-7-9-17(10-8-16)19-23-25-26(24-19)14(3)20(27)22-18-6-4-5-15(11-18)12-21/h4-11,13-14H,1-3H3,(H,22,27). The van der Waals surface area contributed by atoms with Crippen molar-refractivity contribution in [2.75, 3.05) is 5.32 Å². The molecule has 7 nitrogen and oxygen atoms in total. The minimum atomic E-state index is -0.646. The van der Waals surface area contributed by atoms with Gasteiger partial charge in [0.05, 0.1) is 11.6 Å². The smallest absolute Gasteiger partial charge is 0.250 e. The van der Waals surface area contributed by atoms with Crippen molar-refractivity contribution in [2.45, 2.75) is 32.7 Å². The predicted octanol–water partition coefficient (Wildman–Crippen LogP) is 3.53. The number of nitrogens with zero attached hydrogens (tertiary/aromatic N) is 5. The average molecular weight is 360 g/mol. The molecular formula is C20H20N6O. The molecule has 1 heterocycles. The van der Waals surface area contributed by atoms with Crippen molar-refractivity contribution >= 4 is 11.6 Å². The summed E-state index contributed by atoms with van der Waals surface area (Å²) in [4.78, 5) is 13.7. The number of carbonyl (C=O) groups is 1. The van der Waals surface area contributed by atoms with Crippen LogP contribution in [0.25, 0.3) is 11.4 Å². The zero-order chi connectivity index (χ0) is 19.4. The highest BCUT2D eigenvalue weighted by Gasteiger charge is 2.19. The van der Waals surface area contributed by atoms with Gasteiger partial charge in [-0.1, -0.05) is 44.2 Å². The maximum Gasteiger partial charge on any atom is 0.250 e. The van der Waals surface area contributed by atoms with Gasteiger partial charge in [0.25, 0.3) is 5.91 Å². The highest BCUT2D eigenvalue weighted by molar-refractivity contribution is 5.93. The number of hydrogen-bond acceptors (Lipinski definition) is 5. The average Bonchev–Trinajstić information content (AvgIpc) is 3.17. The maximum absolute atomic E-state index is 12.5. The van der Waals surface area contributed by atoms with Gasteiger partial charge in [-0.05, 0) is 41.8 Å². The van der Waals surface area contributed by atoms with Crippen LogP contribution in [-0.2, 0) is 4.79 Å². The Balaban J connectivity index is 1.73. The third-order valence-electron chi connectivity index (χ3n) is 4.25. The van der Waals surface area contributed by atoms with E-state index in [2.05, 4.69) is 34.6 Å². The molecule has 3 rings (SSSR count). The third-order valence-corrected chi connectivity index (χ3v) is 4.25. The summed E-state index contributed by atoms with van der Waals surface area (Å²) in [5.74, 6) is 0.631. The zero-order valence-electron chi connectivity index (χ0n) is 15.4. The molecule has 3 aromatic rings. The van der Waals surface area contributed by atoms with Crippen LogP contribution in [-0.4, -0.2) is 26.1 Å². The second-order valence-electron chi connectivity index (χ2n) is 6.57. The molecule has 0 aliphatic heterocycles. The molecule has 136 valence electrons. The van der Waals surface area contributed by atoms with Gasteiger partial charge in [-0.3, -0.25) is 4.79 Å². The fourth-order valence-corrected chi connectivity index (χ4v) is 2.54. The second-order valence-corrected chi connectivity index (χ2v) is 6.57. The Morgan fingerprint density at radius 1 is 1.15 bits per heavy atom. The van der Waals surface area contributed by atoms with Crippen molar-refractivity contribution in [1.29, 1.82) is 5.26 Å². The lowest BCUT2D eigenvalue weighted by molar-refractivity contribution is -0.119. The number of carbonyl (C=O) groups excluding carboxylic acids is 1. The number of tetrazole rings is 1. The summed E-state index contributed by atoms with van der Waals surface area (Å²) in [6.45, 7) is 5.96. The van der Waals surface area contributed by atoms with Crippen molar-refractivity contribution in [2.24, 2.45) is 0 Å². The molecule has 0 aliphatic carbocycles. The highest BCUT2D eigenvalue weighted by atomic mass is 16.2. The van der Waals surface area contributed by atoms with Gasteiger partial charge in [0.1, 0.15) is 6.04 Å². The van der Waals surface area contributed by atoms with Crippen LogP contribution in [0.3, 0.4) is 0 Å². The molecule has 1 unspecified atom stereocenters. The molecule has 0 radical (unpaired) electrons. The van der Waals surface area contributed by atoms with E-state index in [4.69, 9.17) is 5.26 Å². The fraction of sp³-hybridized carbons (Fsp3) is 0.250. The van der Waals surface area contributed by atoms with Crippen molar-refractivity contribution in [3.05, 3.63) is 59.7 Å². The Labute approximate surface area is 157 Å². The Morgan fingerprint density at radius 2 is 1.89 bits per heavy atom. The van der Waals surface area contributed by atoms with Gasteiger partial charge in [0.2, 0.25) is 5.82 Å². The first kappa shape index (κ1) is 18.3. The Hall–Kier alpha value is -3.53. The number of nitriles is 1. The Morgan fingerprint density at radius 3 is 2.56 bits per heavy atom. The first-order valence-electron chi connectivity index (χ1n) is 8.69. The van der Waals surface area contributed by atoms with Gasteiger partial charge >= 0.3 is 0 Å². The lowest BCUT2D eigenvalue weighted by Gasteiger charge is -2.10. The van der Waals surface area contributed by atoms with Crippen molar-refractivity contribution in [1.82, 2.24) is 20.2 Å². The molecular weight excluding hydrogens is 340 g/mol. The van der Waals surface area contributed by atoms with E-state index in [1.54, 1.807) is 31.2 Å². The molecule has 0 spiro atoms. The summed E-state index contributed by atoms with van der Waals surface area (Å²) in [6.07, 6.45) is 0. The number of rotatable bonds is 5. The molecule has 0 aliphatic rings. The van der Waals surface area contributed by atoms with Crippen LogP contribution in [0, 0.1) is 11.3 Å². The normalized spacial score (nSPS) is 11.8. The van der Waals surface area contributed by atoms with E-state index in [-0.39, 0.29) is 5.91 Å². The molecule has 1 amide bonds. The number of benzene rings is 2. The lowest BCUT2D eigenvalue weighted by Crippen LogP contribution is -2.25. The minimum absolute atomic E-state index is 0.288. The predicted molar refractivity (Wildman–Crippen MR) is 102 cm³/mol. The zero-order valence-corrected chi connectivity index (χ0v) is 15.4. The van der Waals surface area contributed by atoms with E-state index in [1.807, 2.05) is 30.3 Å². The van der Waals surface area contributed by atoms with Crippen LogP contribution in [0.4, 0.5) is 5.69 Å². The van der Waals surface area contributed by atoms with E-state index in [0.717, 1.165) is 5.56 Å². The summed E-state index contributed by atoms with van der Waals surface area (Å²) < 4.78 is 0. The van der Waals surface area contributed by atoms with E-state index < -0.39 is 6.04 Å². The molecule has 0 bridgehead atoms. The summed E-state index contributed by atoms with van der Waals surface area (Å²) in [5.41, 5.74) is 3.11. The number of nitrogens with one attached hydrogen (secondary N) is 1. The Kier molecular flexibility index (Phi) is 5.27. The van der Waals surface area contributed by atoms with Crippen LogP contribution >= 0.6 is 0 Å². The van der Waals surface area contributed by atoms with Crippen LogP contribution in [0.15, 0.2) is 48.5 Å². The van der Waals surface area contributed by atoms with Crippen LogP contribution in [0.2, 0.25) is 0 Å². The number of anilines is 1. The molecule has 7 heteroatoms. The summed E-state index contributed by atoms with van der Waals surface area (Å²) in [6, 6.07) is 16.1. The molecule has 0 saturated carbocycles. The summed E-state index contributed by atoms with van der Waals surface area (Å²) in [7, 11) is 0. The first-order valence-corrected chi connectivity index (χ1v) is 8.69. The quantitative estimate of drug-likeness (QED) is 0.751. The van der Waals surface area contributed by atoms with E-state index >= 15 is 0 Å².